The van der Waals surface area contributed by atoms with Crippen molar-refractivity contribution in [1.29, 1.82) is 0 Å². The first kappa shape index (κ1) is 14.9. The fourth-order valence-electron chi connectivity index (χ4n) is 1.53. The maximum absolute atomic E-state index is 10.8. The number of thioether (sulfide) groups is 1. The summed E-state index contributed by atoms with van der Waals surface area (Å²) >= 11 is 1.51. The van der Waals surface area contributed by atoms with E-state index in [9.17, 15) is 4.79 Å². The average molecular weight is 300 g/mol. The van der Waals surface area contributed by atoms with Crippen LogP contribution in [0.3, 0.4) is 0 Å². The normalized spacial score (nSPS) is 21.5. The van der Waals surface area contributed by atoms with Gasteiger partial charge in [0.05, 0.1) is 12.4 Å². The number of hydrogen-bond acceptors (Lipinski definition) is 8. The highest BCUT2D eigenvalue weighted by Crippen LogP contribution is 2.26. The number of carbonyl (C=O) groups is 1. The molecular formula is C12H16N2O5S. The number of rotatable bonds is 6. The van der Waals surface area contributed by atoms with Crippen molar-refractivity contribution in [1.82, 2.24) is 9.97 Å². The molecule has 2 unspecified atom stereocenters. The third kappa shape index (κ3) is 4.53. The van der Waals surface area contributed by atoms with E-state index in [0.29, 0.717) is 18.2 Å². The van der Waals surface area contributed by atoms with Gasteiger partial charge < -0.3 is 18.9 Å². The lowest BCUT2D eigenvalue weighted by atomic mass is 10.6. The van der Waals surface area contributed by atoms with E-state index in [1.807, 2.05) is 6.92 Å². The highest BCUT2D eigenvalue weighted by molar-refractivity contribution is 8.00. The molecule has 0 N–H and O–H groups in total. The van der Waals surface area contributed by atoms with Crippen LogP contribution < -0.4 is 9.47 Å². The summed E-state index contributed by atoms with van der Waals surface area (Å²) in [7, 11) is 0. The van der Waals surface area contributed by atoms with Crippen LogP contribution in [0.5, 0.6) is 11.9 Å². The minimum atomic E-state index is -0.512. The molecule has 2 rings (SSSR count). The molecule has 8 heteroatoms. The van der Waals surface area contributed by atoms with Gasteiger partial charge in [0, 0.05) is 19.2 Å². The molecule has 0 aromatic carbocycles. The average Bonchev–Trinajstić information content (AvgIpc) is 2.84. The van der Waals surface area contributed by atoms with Crippen LogP contribution in [0, 0.1) is 0 Å². The summed E-state index contributed by atoms with van der Waals surface area (Å²) in [6.07, 6.45) is 1.05. The molecule has 7 nitrogen and oxygen atoms in total. The lowest BCUT2D eigenvalue weighted by Gasteiger charge is -2.12. The number of carbonyl (C=O) groups excluding carboxylic acids is 1. The van der Waals surface area contributed by atoms with Gasteiger partial charge in [0.1, 0.15) is 12.0 Å². The monoisotopic (exact) mass is 300 g/mol. The molecule has 1 aliphatic rings. The second-order valence-corrected chi connectivity index (χ2v) is 5.05. The van der Waals surface area contributed by atoms with E-state index in [0.717, 1.165) is 0 Å². The molecule has 0 bridgehead atoms. The van der Waals surface area contributed by atoms with E-state index in [4.69, 9.17) is 18.9 Å². The molecule has 0 spiro atoms. The van der Waals surface area contributed by atoms with Crippen LogP contribution in [-0.4, -0.2) is 46.6 Å². The van der Waals surface area contributed by atoms with Crippen molar-refractivity contribution in [2.75, 3.05) is 19.0 Å². The Kier molecular flexibility index (Phi) is 5.42. The molecular weight excluding hydrogens is 284 g/mol. The van der Waals surface area contributed by atoms with Gasteiger partial charge in [-0.2, -0.15) is 4.98 Å². The Labute approximate surface area is 121 Å². The minimum Gasteiger partial charge on any atom is -0.478 e. The van der Waals surface area contributed by atoms with Gasteiger partial charge in [0.2, 0.25) is 12.2 Å². The molecule has 1 aromatic rings. The molecule has 0 radical (unpaired) electrons. The van der Waals surface area contributed by atoms with Crippen molar-refractivity contribution in [2.24, 2.45) is 0 Å². The van der Waals surface area contributed by atoms with Crippen molar-refractivity contribution in [3.63, 3.8) is 0 Å². The first-order chi connectivity index (χ1) is 9.67. The zero-order valence-corrected chi connectivity index (χ0v) is 12.1. The molecule has 1 aromatic heterocycles. The fraction of sp³-hybridized carbons (Fsp3) is 0.583. The molecule has 0 aliphatic carbocycles. The van der Waals surface area contributed by atoms with E-state index in [1.165, 1.54) is 18.7 Å². The maximum atomic E-state index is 10.8. The molecule has 2 heterocycles. The van der Waals surface area contributed by atoms with Crippen LogP contribution in [0.1, 0.15) is 13.8 Å². The largest absolute Gasteiger partial charge is 0.478 e. The molecule has 2 atom stereocenters. The van der Waals surface area contributed by atoms with Gasteiger partial charge in [-0.1, -0.05) is 0 Å². The second-order valence-electron chi connectivity index (χ2n) is 3.86. The van der Waals surface area contributed by atoms with Gasteiger partial charge in [-0.15, -0.1) is 11.8 Å². The predicted octanol–water partition coefficient (Wildman–Crippen LogP) is 1.23. The van der Waals surface area contributed by atoms with Crippen LogP contribution in [0.4, 0.5) is 0 Å². The third-order valence-electron chi connectivity index (χ3n) is 2.27. The summed E-state index contributed by atoms with van der Waals surface area (Å²) in [5, 5.41) is 0. The van der Waals surface area contributed by atoms with E-state index in [-0.39, 0.29) is 24.0 Å². The quantitative estimate of drug-likeness (QED) is 0.726. The highest BCUT2D eigenvalue weighted by Gasteiger charge is 2.28. The Balaban J connectivity index is 1.78. The maximum Gasteiger partial charge on any atom is 0.319 e. The van der Waals surface area contributed by atoms with Crippen LogP contribution in [-0.2, 0) is 14.3 Å². The predicted molar refractivity (Wildman–Crippen MR) is 71.6 cm³/mol. The summed E-state index contributed by atoms with van der Waals surface area (Å²) < 4.78 is 21.1. The van der Waals surface area contributed by atoms with E-state index in [2.05, 4.69) is 9.97 Å². The van der Waals surface area contributed by atoms with E-state index < -0.39 is 6.29 Å². The SMILES string of the molecule is CCOc1ccnc(OCC2OC(OC(C)=O)CS2)n1. The summed E-state index contributed by atoms with van der Waals surface area (Å²) in [5.74, 6) is 0.702. The molecule has 110 valence electrons. The van der Waals surface area contributed by atoms with Crippen molar-refractivity contribution in [3.8, 4) is 11.9 Å². The first-order valence-corrected chi connectivity index (χ1v) is 7.25. The van der Waals surface area contributed by atoms with Crippen LogP contribution in [0.15, 0.2) is 12.3 Å². The number of esters is 1. The van der Waals surface area contributed by atoms with Crippen molar-refractivity contribution in [2.45, 2.75) is 25.6 Å². The van der Waals surface area contributed by atoms with Gasteiger partial charge in [0.25, 0.3) is 0 Å². The zero-order chi connectivity index (χ0) is 14.4. The van der Waals surface area contributed by atoms with Gasteiger partial charge in [-0.3, -0.25) is 4.79 Å². The number of hydrogen-bond donors (Lipinski definition) is 0. The Bertz CT molecular complexity index is 459. The Morgan fingerprint density at radius 1 is 1.55 bits per heavy atom. The lowest BCUT2D eigenvalue weighted by Crippen LogP contribution is -2.22. The Morgan fingerprint density at radius 3 is 3.15 bits per heavy atom. The summed E-state index contributed by atoms with van der Waals surface area (Å²) in [4.78, 5) is 18.9. The number of aromatic nitrogens is 2. The van der Waals surface area contributed by atoms with Gasteiger partial charge in [-0.25, -0.2) is 4.98 Å². The topological polar surface area (TPSA) is 79.8 Å². The van der Waals surface area contributed by atoms with Crippen LogP contribution >= 0.6 is 11.8 Å². The van der Waals surface area contributed by atoms with Gasteiger partial charge in [-0.05, 0) is 6.92 Å². The zero-order valence-electron chi connectivity index (χ0n) is 11.3. The van der Waals surface area contributed by atoms with Crippen LogP contribution in [0.25, 0.3) is 0 Å². The molecule has 0 amide bonds. The molecule has 0 saturated carbocycles. The van der Waals surface area contributed by atoms with Crippen molar-refractivity contribution in [3.05, 3.63) is 12.3 Å². The smallest absolute Gasteiger partial charge is 0.319 e. The lowest BCUT2D eigenvalue weighted by molar-refractivity contribution is -0.171. The summed E-state index contributed by atoms with van der Waals surface area (Å²) in [6, 6.07) is 1.89. The summed E-state index contributed by atoms with van der Waals surface area (Å²) in [6.45, 7) is 4.03. The molecule has 1 saturated heterocycles. The fourth-order valence-corrected chi connectivity index (χ4v) is 2.42. The molecule has 20 heavy (non-hydrogen) atoms. The van der Waals surface area contributed by atoms with E-state index >= 15 is 0 Å². The Morgan fingerprint density at radius 2 is 2.40 bits per heavy atom. The van der Waals surface area contributed by atoms with Gasteiger partial charge in [0.15, 0.2) is 0 Å². The van der Waals surface area contributed by atoms with Crippen molar-refractivity contribution < 1.29 is 23.7 Å². The van der Waals surface area contributed by atoms with Crippen molar-refractivity contribution >= 4 is 17.7 Å². The standard InChI is InChI=1S/C12H16N2O5S/c1-3-16-9-4-5-13-12(14-9)17-6-11-19-10(7-20-11)18-8(2)15/h4-5,10-11H,3,6-7H2,1-2H3. The van der Waals surface area contributed by atoms with Crippen LogP contribution in [0.2, 0.25) is 0 Å². The summed E-state index contributed by atoms with van der Waals surface area (Å²) in [5.41, 5.74) is -0.210. The van der Waals surface area contributed by atoms with E-state index in [1.54, 1.807) is 12.3 Å². The van der Waals surface area contributed by atoms with Gasteiger partial charge >= 0.3 is 12.0 Å². The molecule has 1 aliphatic heterocycles. The second kappa shape index (κ2) is 7.30. The third-order valence-corrected chi connectivity index (χ3v) is 3.35. The number of ether oxygens (including phenoxy) is 4. The molecule has 1 fully saturated rings. The minimum absolute atomic E-state index is 0.210. The first-order valence-electron chi connectivity index (χ1n) is 6.20. The highest BCUT2D eigenvalue weighted by atomic mass is 32.2. The Hall–Kier alpha value is -1.54. The number of nitrogens with zero attached hydrogens (tertiary/aromatic N) is 2.